The van der Waals surface area contributed by atoms with Crippen molar-refractivity contribution in [3.63, 3.8) is 0 Å². The Morgan fingerprint density at radius 3 is 2.38 bits per heavy atom. The predicted octanol–water partition coefficient (Wildman–Crippen LogP) is 3.12. The highest BCUT2D eigenvalue weighted by molar-refractivity contribution is 5.37. The summed E-state index contributed by atoms with van der Waals surface area (Å²) in [6.07, 6.45) is -3.99. The topological polar surface area (TPSA) is 45.1 Å². The molecule has 0 spiro atoms. The van der Waals surface area contributed by atoms with Gasteiger partial charge in [0.15, 0.2) is 0 Å². The molecule has 1 aromatic heterocycles. The van der Waals surface area contributed by atoms with E-state index in [4.69, 9.17) is 0 Å². The van der Waals surface area contributed by atoms with Crippen LogP contribution in [0.15, 0.2) is 48.5 Å². The van der Waals surface area contributed by atoms with Gasteiger partial charge in [0.25, 0.3) is 0 Å². The van der Waals surface area contributed by atoms with Crippen LogP contribution in [0.3, 0.4) is 0 Å². The third kappa shape index (κ3) is 4.46. The van der Waals surface area contributed by atoms with E-state index in [1.807, 2.05) is 30.3 Å². The molecule has 0 radical (unpaired) electrons. The van der Waals surface area contributed by atoms with Crippen molar-refractivity contribution < 1.29 is 18.3 Å². The fourth-order valence-corrected chi connectivity index (χ4v) is 1.94. The summed E-state index contributed by atoms with van der Waals surface area (Å²) in [5, 5.41) is 12.2. The Morgan fingerprint density at radius 1 is 1.05 bits per heavy atom. The molecular weight excluding hydrogens is 281 g/mol. The van der Waals surface area contributed by atoms with E-state index in [-0.39, 0.29) is 12.4 Å². The minimum Gasteiger partial charge on any atom is -0.394 e. The highest BCUT2D eigenvalue weighted by Crippen LogP contribution is 2.28. The molecule has 2 N–H and O–H groups in total. The number of pyridine rings is 1. The van der Waals surface area contributed by atoms with Crippen molar-refractivity contribution in [2.75, 3.05) is 11.9 Å². The second kappa shape index (κ2) is 6.58. The van der Waals surface area contributed by atoms with Crippen molar-refractivity contribution in [1.82, 2.24) is 4.98 Å². The zero-order valence-corrected chi connectivity index (χ0v) is 11.1. The Morgan fingerprint density at radius 2 is 1.76 bits per heavy atom. The van der Waals surface area contributed by atoms with Gasteiger partial charge in [-0.25, -0.2) is 4.98 Å². The van der Waals surface area contributed by atoms with Gasteiger partial charge in [-0.05, 0) is 24.1 Å². The van der Waals surface area contributed by atoms with E-state index >= 15 is 0 Å². The number of aliphatic hydroxyl groups excluding tert-OH is 1. The van der Waals surface area contributed by atoms with E-state index in [1.54, 1.807) is 0 Å². The Bertz CT molecular complexity index is 573. The van der Waals surface area contributed by atoms with E-state index in [0.29, 0.717) is 6.42 Å². The van der Waals surface area contributed by atoms with Crippen molar-refractivity contribution in [3.8, 4) is 0 Å². The van der Waals surface area contributed by atoms with Gasteiger partial charge in [-0.3, -0.25) is 0 Å². The highest BCUT2D eigenvalue weighted by atomic mass is 19.4. The van der Waals surface area contributed by atoms with Gasteiger partial charge in [-0.1, -0.05) is 36.4 Å². The van der Waals surface area contributed by atoms with Gasteiger partial charge in [0.05, 0.1) is 12.6 Å². The molecule has 2 rings (SSSR count). The summed E-state index contributed by atoms with van der Waals surface area (Å²) in [4.78, 5) is 3.53. The second-order valence-electron chi connectivity index (χ2n) is 4.62. The summed E-state index contributed by atoms with van der Waals surface area (Å²) in [6, 6.07) is 12.6. The molecule has 2 aromatic rings. The minimum atomic E-state index is -4.48. The number of hydrogen-bond donors (Lipinski definition) is 2. The third-order valence-electron chi connectivity index (χ3n) is 2.94. The van der Waals surface area contributed by atoms with Crippen molar-refractivity contribution >= 4 is 5.82 Å². The third-order valence-corrected chi connectivity index (χ3v) is 2.94. The van der Waals surface area contributed by atoms with Crippen LogP contribution in [0.25, 0.3) is 0 Å². The molecule has 0 saturated heterocycles. The van der Waals surface area contributed by atoms with Crippen LogP contribution < -0.4 is 5.32 Å². The average molecular weight is 296 g/mol. The average Bonchev–Trinajstić information content (AvgIpc) is 2.47. The Kier molecular flexibility index (Phi) is 4.80. The molecule has 0 fully saturated rings. The second-order valence-corrected chi connectivity index (χ2v) is 4.62. The number of halogens is 3. The summed E-state index contributed by atoms with van der Waals surface area (Å²) in [5.74, 6) is 0.0970. The highest BCUT2D eigenvalue weighted by Gasteiger charge is 2.32. The molecule has 0 aliphatic heterocycles. The molecule has 1 unspecified atom stereocenters. The van der Waals surface area contributed by atoms with E-state index in [0.717, 1.165) is 11.6 Å². The van der Waals surface area contributed by atoms with E-state index in [2.05, 4.69) is 10.3 Å². The van der Waals surface area contributed by atoms with Crippen LogP contribution >= 0.6 is 0 Å². The van der Waals surface area contributed by atoms with Crippen LogP contribution in [0, 0.1) is 0 Å². The molecule has 112 valence electrons. The van der Waals surface area contributed by atoms with Crippen LogP contribution in [0.4, 0.5) is 19.0 Å². The van der Waals surface area contributed by atoms with Crippen LogP contribution in [-0.4, -0.2) is 22.7 Å². The Balaban J connectivity index is 2.08. The lowest BCUT2D eigenvalue weighted by atomic mass is 10.1. The van der Waals surface area contributed by atoms with Gasteiger partial charge < -0.3 is 10.4 Å². The SMILES string of the molecule is OCC(Cc1ccccc1)Nc1cccc(C(F)(F)F)n1. The van der Waals surface area contributed by atoms with Gasteiger partial charge >= 0.3 is 6.18 Å². The molecular formula is C15H15F3N2O. The molecule has 3 nitrogen and oxygen atoms in total. The standard InChI is InChI=1S/C15H15F3N2O/c16-15(17,18)13-7-4-8-14(20-13)19-12(10-21)9-11-5-2-1-3-6-11/h1-8,12,21H,9-10H2,(H,19,20). The van der Waals surface area contributed by atoms with Gasteiger partial charge in [0, 0.05) is 0 Å². The molecule has 0 saturated carbocycles. The maximum atomic E-state index is 12.6. The Hall–Kier alpha value is -2.08. The zero-order chi connectivity index (χ0) is 15.3. The number of aliphatic hydroxyl groups is 1. The van der Waals surface area contributed by atoms with Crippen LogP contribution in [0.1, 0.15) is 11.3 Å². The van der Waals surface area contributed by atoms with Crippen molar-refractivity contribution in [2.24, 2.45) is 0 Å². The summed E-state index contributed by atoms with van der Waals surface area (Å²) in [7, 11) is 0. The fourth-order valence-electron chi connectivity index (χ4n) is 1.94. The lowest BCUT2D eigenvalue weighted by molar-refractivity contribution is -0.141. The van der Waals surface area contributed by atoms with Gasteiger partial charge in [0.2, 0.25) is 0 Å². The maximum absolute atomic E-state index is 12.6. The molecule has 6 heteroatoms. The molecule has 21 heavy (non-hydrogen) atoms. The molecule has 0 amide bonds. The Labute approximate surface area is 120 Å². The van der Waals surface area contributed by atoms with E-state index in [9.17, 15) is 18.3 Å². The van der Waals surface area contributed by atoms with Crippen molar-refractivity contribution in [3.05, 3.63) is 59.8 Å². The molecule has 0 bridgehead atoms. The number of nitrogens with zero attached hydrogens (tertiary/aromatic N) is 1. The summed E-state index contributed by atoms with van der Waals surface area (Å²) >= 11 is 0. The zero-order valence-electron chi connectivity index (χ0n) is 11.1. The summed E-state index contributed by atoms with van der Waals surface area (Å²) in [5.41, 5.74) is 0.0277. The van der Waals surface area contributed by atoms with Crippen LogP contribution in [0.5, 0.6) is 0 Å². The van der Waals surface area contributed by atoms with Gasteiger partial charge in [0.1, 0.15) is 11.5 Å². The van der Waals surface area contributed by atoms with E-state index in [1.165, 1.54) is 12.1 Å². The molecule has 1 heterocycles. The monoisotopic (exact) mass is 296 g/mol. The first-order valence-electron chi connectivity index (χ1n) is 6.44. The number of alkyl halides is 3. The quantitative estimate of drug-likeness (QED) is 0.891. The molecule has 0 aliphatic rings. The van der Waals surface area contributed by atoms with Crippen LogP contribution in [-0.2, 0) is 12.6 Å². The number of anilines is 1. The first kappa shape index (κ1) is 15.3. The molecule has 0 aliphatic carbocycles. The first-order chi connectivity index (χ1) is 9.99. The van der Waals surface area contributed by atoms with Gasteiger partial charge in [-0.15, -0.1) is 0 Å². The first-order valence-corrected chi connectivity index (χ1v) is 6.44. The molecule has 1 atom stereocenters. The number of nitrogens with one attached hydrogen (secondary N) is 1. The summed E-state index contributed by atoms with van der Waals surface area (Å²) in [6.45, 7) is -0.202. The number of benzene rings is 1. The maximum Gasteiger partial charge on any atom is 0.433 e. The lowest BCUT2D eigenvalue weighted by Crippen LogP contribution is -2.27. The lowest BCUT2D eigenvalue weighted by Gasteiger charge is -2.18. The number of rotatable bonds is 5. The van der Waals surface area contributed by atoms with E-state index < -0.39 is 17.9 Å². The van der Waals surface area contributed by atoms with Crippen molar-refractivity contribution in [2.45, 2.75) is 18.6 Å². The minimum absolute atomic E-state index is 0.0970. The fraction of sp³-hybridized carbons (Fsp3) is 0.267. The smallest absolute Gasteiger partial charge is 0.394 e. The summed E-state index contributed by atoms with van der Waals surface area (Å²) < 4.78 is 37.8. The normalized spacial score (nSPS) is 13.0. The van der Waals surface area contributed by atoms with Crippen molar-refractivity contribution in [1.29, 1.82) is 0 Å². The largest absolute Gasteiger partial charge is 0.433 e. The number of hydrogen-bond acceptors (Lipinski definition) is 3. The predicted molar refractivity (Wildman–Crippen MR) is 73.9 cm³/mol. The molecule has 1 aromatic carbocycles. The van der Waals surface area contributed by atoms with Gasteiger partial charge in [-0.2, -0.15) is 13.2 Å². The number of aromatic nitrogens is 1. The van der Waals surface area contributed by atoms with Crippen LogP contribution in [0.2, 0.25) is 0 Å².